The highest BCUT2D eigenvalue weighted by molar-refractivity contribution is 6.42. The Morgan fingerprint density at radius 1 is 1.00 bits per heavy atom. The van der Waals surface area contributed by atoms with Crippen LogP contribution in [-0.2, 0) is 11.3 Å². The molecule has 1 aliphatic carbocycles. The highest BCUT2D eigenvalue weighted by Gasteiger charge is 2.30. The van der Waals surface area contributed by atoms with Crippen LogP contribution in [0.2, 0.25) is 10.0 Å². The van der Waals surface area contributed by atoms with Crippen molar-refractivity contribution in [1.29, 1.82) is 0 Å². The average molecular weight is 497 g/mol. The van der Waals surface area contributed by atoms with Gasteiger partial charge < -0.3 is 15.4 Å². The third-order valence-corrected chi connectivity index (χ3v) is 7.65. The predicted molar refractivity (Wildman–Crippen MR) is 139 cm³/mol. The summed E-state index contributed by atoms with van der Waals surface area (Å²) in [5, 5.41) is 0.899. The second-order valence-electron chi connectivity index (χ2n) is 8.95. The molecule has 178 valence electrons. The molecule has 0 fully saturated rings. The lowest BCUT2D eigenvalue weighted by molar-refractivity contribution is 0.0924. The molecule has 0 unspecified atom stereocenters. The van der Waals surface area contributed by atoms with E-state index in [1.165, 1.54) is 22.3 Å². The number of amides is 1. The van der Waals surface area contributed by atoms with Crippen LogP contribution in [-0.4, -0.2) is 30.2 Å². The summed E-state index contributed by atoms with van der Waals surface area (Å²) in [6.45, 7) is 5.09. The normalized spacial score (nSPS) is 14.3. The molecule has 1 aliphatic rings. The Morgan fingerprint density at radius 3 is 2.24 bits per heavy atom. The van der Waals surface area contributed by atoms with Gasteiger partial charge in [-0.15, -0.1) is 0 Å². The topological polar surface area (TPSA) is 55.6 Å². The first kappa shape index (κ1) is 24.6. The summed E-state index contributed by atoms with van der Waals surface area (Å²) in [6, 6.07) is 21.8. The van der Waals surface area contributed by atoms with E-state index in [9.17, 15) is 4.79 Å². The molecule has 1 amide bonds. The molecule has 0 heterocycles. The second kappa shape index (κ2) is 10.8. The number of ether oxygens (including phenoxy) is 1. The zero-order valence-corrected chi connectivity index (χ0v) is 21.0. The van der Waals surface area contributed by atoms with Crippen molar-refractivity contribution in [2.45, 2.75) is 38.8 Å². The number of halogens is 2. The Labute approximate surface area is 211 Å². The molecule has 0 aromatic heterocycles. The molecule has 6 heteroatoms. The molecule has 0 aliphatic heterocycles. The van der Waals surface area contributed by atoms with Crippen LogP contribution in [0.15, 0.2) is 66.7 Å². The van der Waals surface area contributed by atoms with E-state index in [-0.39, 0.29) is 31.0 Å². The summed E-state index contributed by atoms with van der Waals surface area (Å²) in [5.41, 5.74) is 11.9. The Morgan fingerprint density at radius 2 is 1.62 bits per heavy atom. The van der Waals surface area contributed by atoms with Crippen molar-refractivity contribution >= 4 is 29.3 Å². The highest BCUT2D eigenvalue weighted by atomic mass is 35.5. The van der Waals surface area contributed by atoms with Crippen molar-refractivity contribution in [3.05, 3.63) is 93.5 Å². The Kier molecular flexibility index (Phi) is 7.82. The molecule has 4 nitrogen and oxygen atoms in total. The quantitative estimate of drug-likeness (QED) is 0.361. The van der Waals surface area contributed by atoms with Crippen LogP contribution >= 0.6 is 23.2 Å². The largest absolute Gasteiger partial charge is 0.448 e. The van der Waals surface area contributed by atoms with E-state index in [1.807, 2.05) is 36.4 Å². The van der Waals surface area contributed by atoms with Crippen molar-refractivity contribution in [2.24, 2.45) is 11.7 Å². The minimum atomic E-state index is -0.406. The van der Waals surface area contributed by atoms with Crippen LogP contribution in [0.25, 0.3) is 11.1 Å². The molecule has 2 N–H and O–H groups in total. The van der Waals surface area contributed by atoms with Crippen LogP contribution < -0.4 is 5.73 Å². The van der Waals surface area contributed by atoms with E-state index >= 15 is 0 Å². The number of rotatable bonds is 8. The molecule has 3 aromatic carbocycles. The number of hydrogen-bond donors (Lipinski definition) is 1. The molecule has 34 heavy (non-hydrogen) atoms. The number of fused-ring (bicyclic) bond motifs is 3. The Hall–Kier alpha value is -2.53. The minimum Gasteiger partial charge on any atom is -0.448 e. The molecule has 0 bridgehead atoms. The third kappa shape index (κ3) is 5.10. The molecule has 0 saturated heterocycles. The standard InChI is InChI=1S/C28H30Cl2N2O2/c1-3-18(2)26(31)16-32(15-19-9-8-14-25(29)27(19)30)28(33)34-17-24-22-12-6-4-10-20(22)21-11-5-7-13-23(21)24/h4-14,18,24,26H,3,15-17,31H2,1-2H3/t18-,26+/m0/s1. The third-order valence-electron chi connectivity index (χ3n) is 6.79. The highest BCUT2D eigenvalue weighted by Crippen LogP contribution is 2.44. The SMILES string of the molecule is CC[C@H](C)[C@H](N)CN(Cc1cccc(Cl)c1Cl)C(=O)OCC1c2ccccc2-c2ccccc21. The molecular weight excluding hydrogens is 467 g/mol. The van der Waals surface area contributed by atoms with Gasteiger partial charge in [-0.3, -0.25) is 0 Å². The van der Waals surface area contributed by atoms with E-state index < -0.39 is 6.09 Å². The van der Waals surface area contributed by atoms with Crippen LogP contribution in [0.5, 0.6) is 0 Å². The van der Waals surface area contributed by atoms with Crippen LogP contribution in [0, 0.1) is 5.92 Å². The molecule has 0 saturated carbocycles. The van der Waals surface area contributed by atoms with Gasteiger partial charge in [0.15, 0.2) is 0 Å². The first-order valence-corrected chi connectivity index (χ1v) is 12.4. The maximum atomic E-state index is 13.3. The fraction of sp³-hybridized carbons (Fsp3) is 0.321. The van der Waals surface area contributed by atoms with E-state index in [0.29, 0.717) is 16.6 Å². The number of hydrogen-bond acceptors (Lipinski definition) is 3. The number of nitrogens with two attached hydrogens (primary N) is 1. The van der Waals surface area contributed by atoms with E-state index in [0.717, 1.165) is 12.0 Å². The summed E-state index contributed by atoms with van der Waals surface area (Å²) in [7, 11) is 0. The minimum absolute atomic E-state index is 0.00352. The van der Waals surface area contributed by atoms with Crippen LogP contribution in [0.4, 0.5) is 4.79 Å². The first-order chi connectivity index (χ1) is 16.4. The monoisotopic (exact) mass is 496 g/mol. The predicted octanol–water partition coefficient (Wildman–Crippen LogP) is 7.12. The second-order valence-corrected chi connectivity index (χ2v) is 9.73. The average Bonchev–Trinajstić information content (AvgIpc) is 3.18. The zero-order valence-electron chi connectivity index (χ0n) is 19.5. The van der Waals surface area contributed by atoms with Gasteiger partial charge in [0, 0.05) is 18.5 Å². The lowest BCUT2D eigenvalue weighted by atomic mass is 9.98. The number of benzene rings is 3. The number of carbonyl (C=O) groups excluding carboxylic acids is 1. The van der Waals surface area contributed by atoms with Crippen molar-refractivity contribution in [1.82, 2.24) is 4.90 Å². The first-order valence-electron chi connectivity index (χ1n) is 11.7. The smallest absolute Gasteiger partial charge is 0.410 e. The van der Waals surface area contributed by atoms with E-state index in [1.54, 1.807) is 11.0 Å². The van der Waals surface area contributed by atoms with Gasteiger partial charge in [0.2, 0.25) is 0 Å². The molecule has 0 spiro atoms. The van der Waals surface area contributed by atoms with Gasteiger partial charge in [-0.1, -0.05) is 104 Å². The van der Waals surface area contributed by atoms with Gasteiger partial charge >= 0.3 is 6.09 Å². The van der Waals surface area contributed by atoms with Crippen LogP contribution in [0.1, 0.15) is 42.9 Å². The molecule has 0 radical (unpaired) electrons. The molecule has 2 atom stereocenters. The van der Waals surface area contributed by atoms with Crippen molar-refractivity contribution in [3.63, 3.8) is 0 Å². The maximum Gasteiger partial charge on any atom is 0.410 e. The van der Waals surface area contributed by atoms with E-state index in [4.69, 9.17) is 33.7 Å². The maximum absolute atomic E-state index is 13.3. The summed E-state index contributed by atoms with van der Waals surface area (Å²) >= 11 is 12.6. The van der Waals surface area contributed by atoms with Gasteiger partial charge in [-0.05, 0) is 39.8 Å². The van der Waals surface area contributed by atoms with Gasteiger partial charge in [0.05, 0.1) is 16.6 Å². The fourth-order valence-electron chi connectivity index (χ4n) is 4.50. The fourth-order valence-corrected chi connectivity index (χ4v) is 4.88. The summed E-state index contributed by atoms with van der Waals surface area (Å²) < 4.78 is 5.91. The summed E-state index contributed by atoms with van der Waals surface area (Å²) in [4.78, 5) is 15.0. The summed E-state index contributed by atoms with van der Waals surface area (Å²) in [6.07, 6.45) is 0.522. The lowest BCUT2D eigenvalue weighted by Crippen LogP contribution is -2.44. The van der Waals surface area contributed by atoms with Crippen molar-refractivity contribution in [3.8, 4) is 11.1 Å². The van der Waals surface area contributed by atoms with Crippen molar-refractivity contribution in [2.75, 3.05) is 13.2 Å². The van der Waals surface area contributed by atoms with Gasteiger partial charge in [0.25, 0.3) is 0 Å². The van der Waals surface area contributed by atoms with Gasteiger partial charge in [-0.2, -0.15) is 0 Å². The van der Waals surface area contributed by atoms with Gasteiger partial charge in [-0.25, -0.2) is 4.79 Å². The summed E-state index contributed by atoms with van der Waals surface area (Å²) in [5.74, 6) is 0.259. The van der Waals surface area contributed by atoms with Crippen LogP contribution in [0.3, 0.4) is 0 Å². The number of nitrogens with zero attached hydrogens (tertiary/aromatic N) is 1. The molecular formula is C28H30Cl2N2O2. The Bertz CT molecular complexity index is 1120. The van der Waals surface area contributed by atoms with Gasteiger partial charge in [0.1, 0.15) is 6.61 Å². The Balaban J connectivity index is 1.54. The van der Waals surface area contributed by atoms with E-state index in [2.05, 4.69) is 38.1 Å². The molecule has 4 rings (SSSR count). The number of carbonyl (C=O) groups is 1. The lowest BCUT2D eigenvalue weighted by Gasteiger charge is -2.29. The zero-order chi connectivity index (χ0) is 24.2. The molecule has 3 aromatic rings. The van der Waals surface area contributed by atoms with Crippen molar-refractivity contribution < 1.29 is 9.53 Å².